The lowest BCUT2D eigenvalue weighted by Gasteiger charge is -2.06. The summed E-state index contributed by atoms with van der Waals surface area (Å²) in [6, 6.07) is 0.997. The van der Waals surface area contributed by atoms with Gasteiger partial charge in [-0.2, -0.15) is 18.3 Å². The van der Waals surface area contributed by atoms with Gasteiger partial charge >= 0.3 is 6.18 Å². The molecule has 0 aromatic carbocycles. The molecule has 5 aromatic rings. The highest BCUT2D eigenvalue weighted by Crippen LogP contribution is 2.45. The largest absolute Gasteiger partial charge is 0.433 e. The van der Waals surface area contributed by atoms with Crippen LogP contribution in [-0.4, -0.2) is 34.3 Å². The molecule has 0 N–H and O–H groups in total. The van der Waals surface area contributed by atoms with Crippen molar-refractivity contribution in [3.8, 4) is 0 Å². The minimum absolute atomic E-state index is 0.0157. The van der Waals surface area contributed by atoms with E-state index in [0.717, 1.165) is 30.2 Å². The van der Waals surface area contributed by atoms with E-state index in [9.17, 15) is 22.0 Å². The van der Waals surface area contributed by atoms with Crippen LogP contribution >= 0.6 is 22.9 Å². The number of alkyl halides is 5. The highest BCUT2D eigenvalue weighted by molar-refractivity contribution is 7.26. The van der Waals surface area contributed by atoms with Gasteiger partial charge in [0.25, 0.3) is 6.43 Å². The molecule has 0 unspecified atom stereocenters. The number of rotatable bonds is 4. The third-order valence-corrected chi connectivity index (χ3v) is 7.17. The van der Waals surface area contributed by atoms with Gasteiger partial charge in [-0.1, -0.05) is 11.6 Å². The molecule has 1 saturated carbocycles. The van der Waals surface area contributed by atoms with Gasteiger partial charge in [0, 0.05) is 11.3 Å². The van der Waals surface area contributed by atoms with Crippen molar-refractivity contribution in [2.24, 2.45) is 0 Å². The van der Waals surface area contributed by atoms with Crippen LogP contribution in [0.4, 0.5) is 22.0 Å². The molecule has 5 heterocycles. The molecule has 1 fully saturated rings. The summed E-state index contributed by atoms with van der Waals surface area (Å²) in [5, 5.41) is 8.86. The summed E-state index contributed by atoms with van der Waals surface area (Å²) in [4.78, 5) is 12.9. The summed E-state index contributed by atoms with van der Waals surface area (Å²) in [5.74, 6) is 0.353. The summed E-state index contributed by atoms with van der Waals surface area (Å²) in [6.45, 7) is 1.59. The van der Waals surface area contributed by atoms with Gasteiger partial charge in [-0.25, -0.2) is 28.2 Å². The SMILES string of the molecule is Cc1cc(C(F)(F)F)nc2sc3c(ncn4nc(Cn5nc(C(F)F)c(Cl)c5C5CC5)nc34)c12. The monoisotopic (exact) mass is 513 g/mol. The van der Waals surface area contributed by atoms with E-state index in [1.165, 1.54) is 15.5 Å². The molecule has 1 aliphatic carbocycles. The van der Waals surface area contributed by atoms with Gasteiger partial charge in [-0.05, 0) is 31.4 Å². The highest BCUT2D eigenvalue weighted by atomic mass is 35.5. The molecule has 0 amide bonds. The van der Waals surface area contributed by atoms with Crippen molar-refractivity contribution in [1.29, 1.82) is 0 Å². The number of aryl methyl sites for hydroxylation is 1. The van der Waals surface area contributed by atoms with Crippen molar-refractivity contribution in [3.05, 3.63) is 45.9 Å². The Labute approximate surface area is 196 Å². The van der Waals surface area contributed by atoms with E-state index in [0.29, 0.717) is 32.5 Å². The normalized spacial score (nSPS) is 14.9. The molecule has 5 aromatic heterocycles. The van der Waals surface area contributed by atoms with Crippen LogP contribution in [0, 0.1) is 6.92 Å². The summed E-state index contributed by atoms with van der Waals surface area (Å²) in [6.07, 6.45) is -4.28. The Balaban J connectivity index is 1.47. The summed E-state index contributed by atoms with van der Waals surface area (Å²) in [5.41, 5.74) is 0.366. The molecule has 6 rings (SSSR count). The van der Waals surface area contributed by atoms with Crippen LogP contribution < -0.4 is 0 Å². The average molecular weight is 514 g/mol. The van der Waals surface area contributed by atoms with E-state index < -0.39 is 24.0 Å². The molecule has 0 saturated heterocycles. The smallest absolute Gasteiger partial charge is 0.260 e. The van der Waals surface area contributed by atoms with Crippen molar-refractivity contribution in [1.82, 2.24) is 34.3 Å². The predicted molar refractivity (Wildman–Crippen MR) is 114 cm³/mol. The Morgan fingerprint density at radius 1 is 1.21 bits per heavy atom. The number of nitrogens with zero attached hydrogens (tertiary/aromatic N) is 7. The van der Waals surface area contributed by atoms with Crippen molar-refractivity contribution in [3.63, 3.8) is 0 Å². The fourth-order valence-electron chi connectivity index (χ4n) is 4.08. The zero-order valence-corrected chi connectivity index (χ0v) is 18.8. The number of halogens is 6. The standard InChI is InChI=1S/C20H13ClF5N7S/c1-7-4-9(20(24,25)26)28-19-11(7)13-16(34-19)18-29-10(30-33(18)6-27-13)5-32-15(8-2-3-8)12(21)14(31-32)17(22)23/h4,6,8,17H,2-3,5H2,1H3. The van der Waals surface area contributed by atoms with E-state index in [4.69, 9.17) is 11.6 Å². The molecule has 7 nitrogen and oxygen atoms in total. The third kappa shape index (κ3) is 3.32. The lowest BCUT2D eigenvalue weighted by atomic mass is 10.1. The van der Waals surface area contributed by atoms with Crippen molar-refractivity contribution >= 4 is 49.0 Å². The summed E-state index contributed by atoms with van der Waals surface area (Å²) in [7, 11) is 0. The molecule has 34 heavy (non-hydrogen) atoms. The molecule has 0 aliphatic heterocycles. The number of fused-ring (bicyclic) bond motifs is 5. The lowest BCUT2D eigenvalue weighted by Crippen LogP contribution is -2.08. The van der Waals surface area contributed by atoms with Crippen LogP contribution in [0.5, 0.6) is 0 Å². The Bertz CT molecular complexity index is 1600. The zero-order valence-electron chi connectivity index (χ0n) is 17.2. The Kier molecular flexibility index (Phi) is 4.63. The second-order valence-electron chi connectivity index (χ2n) is 8.14. The molecule has 0 radical (unpaired) electrons. The minimum atomic E-state index is -4.57. The lowest BCUT2D eigenvalue weighted by molar-refractivity contribution is -0.141. The van der Waals surface area contributed by atoms with Crippen molar-refractivity contribution in [2.45, 2.75) is 44.8 Å². The number of hydrogen-bond acceptors (Lipinski definition) is 6. The maximum Gasteiger partial charge on any atom is 0.433 e. The Morgan fingerprint density at radius 2 is 1.97 bits per heavy atom. The zero-order chi connectivity index (χ0) is 23.9. The van der Waals surface area contributed by atoms with Gasteiger partial charge in [0.15, 0.2) is 11.5 Å². The van der Waals surface area contributed by atoms with E-state index in [1.807, 2.05) is 0 Å². The molecule has 0 bridgehead atoms. The molecule has 0 spiro atoms. The van der Waals surface area contributed by atoms with Crippen LogP contribution in [0.2, 0.25) is 5.02 Å². The van der Waals surface area contributed by atoms with E-state index in [2.05, 4.69) is 25.1 Å². The first-order valence-electron chi connectivity index (χ1n) is 10.2. The molecule has 0 atom stereocenters. The van der Waals surface area contributed by atoms with Gasteiger partial charge < -0.3 is 0 Å². The van der Waals surface area contributed by atoms with Gasteiger partial charge in [0.2, 0.25) is 0 Å². The minimum Gasteiger partial charge on any atom is -0.260 e. The van der Waals surface area contributed by atoms with Crippen LogP contribution in [0.25, 0.3) is 26.1 Å². The third-order valence-electron chi connectivity index (χ3n) is 5.72. The molecule has 14 heteroatoms. The Hall–Kier alpha value is -2.93. The van der Waals surface area contributed by atoms with Gasteiger partial charge in [0.05, 0.1) is 16.2 Å². The topological polar surface area (TPSA) is 73.8 Å². The number of pyridine rings is 1. The van der Waals surface area contributed by atoms with Crippen molar-refractivity contribution in [2.75, 3.05) is 0 Å². The maximum atomic E-state index is 13.3. The van der Waals surface area contributed by atoms with Crippen LogP contribution in [0.15, 0.2) is 12.4 Å². The maximum absolute atomic E-state index is 13.3. The fraction of sp³-hybridized carbons (Fsp3) is 0.350. The summed E-state index contributed by atoms with van der Waals surface area (Å²) < 4.78 is 69.7. The fourth-order valence-corrected chi connectivity index (χ4v) is 5.63. The number of aromatic nitrogens is 7. The second-order valence-corrected chi connectivity index (χ2v) is 9.52. The first-order valence-corrected chi connectivity index (χ1v) is 11.4. The molecular formula is C20H13ClF5N7S. The van der Waals surface area contributed by atoms with E-state index in [1.54, 1.807) is 6.92 Å². The van der Waals surface area contributed by atoms with E-state index >= 15 is 0 Å². The quantitative estimate of drug-likeness (QED) is 0.279. The molecule has 176 valence electrons. The Morgan fingerprint density at radius 3 is 2.65 bits per heavy atom. The number of thiophene rings is 1. The highest BCUT2D eigenvalue weighted by Gasteiger charge is 2.35. The second kappa shape index (κ2) is 7.28. The summed E-state index contributed by atoms with van der Waals surface area (Å²) >= 11 is 7.23. The predicted octanol–water partition coefficient (Wildman–Crippen LogP) is 5.93. The van der Waals surface area contributed by atoms with Crippen LogP contribution in [0.3, 0.4) is 0 Å². The molecule has 1 aliphatic rings. The average Bonchev–Trinajstić information content (AvgIpc) is 3.24. The van der Waals surface area contributed by atoms with Gasteiger partial charge in [0.1, 0.15) is 33.8 Å². The first-order chi connectivity index (χ1) is 16.1. The van der Waals surface area contributed by atoms with Gasteiger partial charge in [-0.3, -0.25) is 4.68 Å². The van der Waals surface area contributed by atoms with Crippen LogP contribution in [0.1, 0.15) is 53.7 Å². The van der Waals surface area contributed by atoms with Crippen molar-refractivity contribution < 1.29 is 22.0 Å². The van der Waals surface area contributed by atoms with Gasteiger partial charge in [-0.15, -0.1) is 16.4 Å². The van der Waals surface area contributed by atoms with Crippen LogP contribution in [-0.2, 0) is 12.7 Å². The van der Waals surface area contributed by atoms with E-state index in [-0.39, 0.29) is 28.1 Å². The number of hydrogen-bond donors (Lipinski definition) is 0. The first kappa shape index (κ1) is 21.6. The molecular weight excluding hydrogens is 501 g/mol.